The summed E-state index contributed by atoms with van der Waals surface area (Å²) >= 11 is 0. The summed E-state index contributed by atoms with van der Waals surface area (Å²) in [6.07, 6.45) is 0.00965. The lowest BCUT2D eigenvalue weighted by Gasteiger charge is -2.63. The standard InChI is InChI=1S/C68H117N3O17/c1-35(43-12-14-45-58-47(31-54(79)67(43,45)6)65(4)20-18-40(74)26-38(65)28-49(58)76)10-16-56(81)69-22-8-24-71(25-9-23-70-64(87)63(86)62(85)42(51(78)33-72)30-52-60(83)37(3)61(84)53(34-73)88-52)57(82)17-11-36(2)44-13-15-46-59-48(32-55(80)68(44,46)7)66(5)21-19-41(75)27-39(66)29-50(59)77/h35-55,58-63,72-80,83-86H,8-34H2,1-7H3,(H,69,81)(H,70,87)/t35?,36?,37?,38?,39?,40-,41-,42?,43?,44?,45?,46?,47?,48?,49-,50-,51?,52?,53?,54+,55+,58?,59?,60?,61?,62?,63?,65+,66+,67-,68-/m1/s1. The van der Waals surface area contributed by atoms with Gasteiger partial charge in [0.25, 0.3) is 5.91 Å². The lowest BCUT2D eigenvalue weighted by Crippen LogP contribution is -2.62. The molecule has 1 aliphatic heterocycles. The second-order valence-electron chi connectivity index (χ2n) is 31.6. The minimum absolute atomic E-state index is 0.0124. The monoisotopic (exact) mass is 1250 g/mol. The third kappa shape index (κ3) is 13.3. The fourth-order valence-corrected chi connectivity index (χ4v) is 22.0. The van der Waals surface area contributed by atoms with Crippen molar-refractivity contribution in [1.29, 1.82) is 0 Å². The Morgan fingerprint density at radius 3 is 1.57 bits per heavy atom. The van der Waals surface area contributed by atoms with Crippen LogP contribution in [0.3, 0.4) is 0 Å². The number of carbonyl (C=O) groups is 3. The van der Waals surface area contributed by atoms with Crippen molar-refractivity contribution in [2.24, 2.45) is 105 Å². The molecule has 21 unspecified atom stereocenters. The first-order chi connectivity index (χ1) is 41.6. The maximum atomic E-state index is 14.5. The molecule has 8 saturated carbocycles. The number of hydrogen-bond donors (Lipinski definition) is 15. The molecular formula is C68H117N3O17. The molecule has 20 heteroatoms. The molecule has 9 aliphatic rings. The van der Waals surface area contributed by atoms with Gasteiger partial charge in [0, 0.05) is 50.9 Å². The summed E-state index contributed by atoms with van der Waals surface area (Å²) in [7, 11) is 0. The van der Waals surface area contributed by atoms with Crippen LogP contribution in [0.5, 0.6) is 0 Å². The van der Waals surface area contributed by atoms with Gasteiger partial charge in [0.15, 0.2) is 6.10 Å². The SMILES string of the molecule is CC(CCC(=O)NCCCN(CCCNC(=O)C(O)C(O)C(CC1OC(CO)C(O)C(C)C1O)C(O)CO)C(=O)CCC(C)C1CCC2C3C(C[C@H](O)[C@]12C)[C@@]1(C)CC[C@@H](O)CC1C[C@H]3O)C1CCC2C3C(C[C@H](O)[C@]12C)[C@@]1(C)CC[C@@H](O)CC1C[C@H]3O. The Labute approximate surface area is 523 Å². The first kappa shape index (κ1) is 70.2. The fraction of sp³-hybridized carbons (Fsp3) is 0.956. The number of rotatable bonds is 24. The van der Waals surface area contributed by atoms with Crippen molar-refractivity contribution in [2.75, 3.05) is 39.4 Å². The smallest absolute Gasteiger partial charge is 0.251 e. The van der Waals surface area contributed by atoms with E-state index in [1.165, 1.54) is 0 Å². The molecular weight excluding hydrogens is 1130 g/mol. The molecule has 0 spiro atoms. The van der Waals surface area contributed by atoms with Gasteiger partial charge in [-0.25, -0.2) is 0 Å². The molecule has 20 nitrogen and oxygen atoms in total. The number of carbonyl (C=O) groups excluding carboxylic acids is 3. The van der Waals surface area contributed by atoms with Gasteiger partial charge in [-0.15, -0.1) is 0 Å². The topological polar surface area (TPSA) is 351 Å². The number of nitrogens with zero attached hydrogens (tertiary/aromatic N) is 1. The summed E-state index contributed by atoms with van der Waals surface area (Å²) in [5.74, 6) is -1.47. The number of ether oxygens (including phenoxy) is 1. The lowest BCUT2D eigenvalue weighted by atomic mass is 9.43. The summed E-state index contributed by atoms with van der Waals surface area (Å²) in [6, 6.07) is 0. The fourth-order valence-electron chi connectivity index (χ4n) is 22.0. The van der Waals surface area contributed by atoms with Crippen LogP contribution in [0.2, 0.25) is 0 Å². The highest BCUT2D eigenvalue weighted by molar-refractivity contribution is 5.81. The minimum atomic E-state index is -2.08. The largest absolute Gasteiger partial charge is 0.394 e. The molecule has 1 heterocycles. The molecule has 31 atom stereocenters. The van der Waals surface area contributed by atoms with Crippen molar-refractivity contribution in [2.45, 2.75) is 263 Å². The van der Waals surface area contributed by atoms with Crippen LogP contribution in [0.15, 0.2) is 0 Å². The highest BCUT2D eigenvalue weighted by Crippen LogP contribution is 2.70. The molecule has 3 amide bonds. The molecule has 0 aromatic rings. The molecule has 9 rings (SSSR count). The quantitative estimate of drug-likeness (QED) is 0.0618. The van der Waals surface area contributed by atoms with E-state index in [1.54, 1.807) is 11.8 Å². The zero-order valence-corrected chi connectivity index (χ0v) is 54.1. The van der Waals surface area contributed by atoms with E-state index in [4.69, 9.17) is 4.74 Å². The van der Waals surface area contributed by atoms with E-state index < -0.39 is 104 Å². The van der Waals surface area contributed by atoms with Crippen LogP contribution in [0, 0.1) is 105 Å². The number of aliphatic hydroxyl groups is 13. The Hall–Kier alpha value is -2.15. The summed E-state index contributed by atoms with van der Waals surface area (Å²) in [5, 5.41) is 149. The first-order valence-corrected chi connectivity index (χ1v) is 34.7. The Kier molecular flexibility index (Phi) is 22.7. The van der Waals surface area contributed by atoms with Crippen molar-refractivity contribution < 1.29 is 85.5 Å². The van der Waals surface area contributed by atoms with Gasteiger partial charge in [-0.2, -0.15) is 0 Å². The van der Waals surface area contributed by atoms with E-state index in [0.717, 1.165) is 51.4 Å². The van der Waals surface area contributed by atoms with Crippen molar-refractivity contribution in [1.82, 2.24) is 15.5 Å². The summed E-state index contributed by atoms with van der Waals surface area (Å²) in [6.45, 7) is 14.4. The molecule has 0 radical (unpaired) electrons. The van der Waals surface area contributed by atoms with E-state index in [1.807, 2.05) is 0 Å². The highest BCUT2D eigenvalue weighted by Gasteiger charge is 2.68. The van der Waals surface area contributed by atoms with Gasteiger partial charge in [-0.05, 0) is 215 Å². The van der Waals surface area contributed by atoms with Gasteiger partial charge in [0.1, 0.15) is 6.10 Å². The zero-order chi connectivity index (χ0) is 64.1. The Balaban J connectivity index is 0.796. The highest BCUT2D eigenvalue weighted by atomic mass is 16.5. The van der Waals surface area contributed by atoms with Gasteiger partial charge in [0.05, 0.1) is 80.4 Å². The van der Waals surface area contributed by atoms with E-state index in [9.17, 15) is 80.8 Å². The number of aliphatic hydroxyl groups excluding tert-OH is 13. The molecule has 1 saturated heterocycles. The van der Waals surface area contributed by atoms with Gasteiger partial charge in [-0.3, -0.25) is 14.4 Å². The predicted molar refractivity (Wildman–Crippen MR) is 327 cm³/mol. The number of amides is 3. The maximum absolute atomic E-state index is 14.5. The molecule has 506 valence electrons. The normalized spacial score (nSPS) is 45.8. The zero-order valence-electron chi connectivity index (χ0n) is 54.1. The first-order valence-electron chi connectivity index (χ1n) is 34.7. The van der Waals surface area contributed by atoms with Crippen LogP contribution < -0.4 is 10.6 Å². The van der Waals surface area contributed by atoms with Crippen molar-refractivity contribution >= 4 is 17.7 Å². The van der Waals surface area contributed by atoms with Gasteiger partial charge in [0.2, 0.25) is 11.8 Å². The summed E-state index contributed by atoms with van der Waals surface area (Å²) in [5.41, 5.74) is -0.889. The molecule has 0 aromatic carbocycles. The van der Waals surface area contributed by atoms with Gasteiger partial charge < -0.3 is 86.7 Å². The lowest BCUT2D eigenvalue weighted by molar-refractivity contribution is -0.216. The number of fused-ring (bicyclic) bond motifs is 10. The van der Waals surface area contributed by atoms with Gasteiger partial charge in [-0.1, -0.05) is 48.5 Å². The number of nitrogens with one attached hydrogen (secondary N) is 2. The Morgan fingerprint density at radius 2 is 1.08 bits per heavy atom. The molecule has 0 bridgehead atoms. The molecule has 0 aromatic heterocycles. The van der Waals surface area contributed by atoms with Crippen molar-refractivity contribution in [3.05, 3.63) is 0 Å². The van der Waals surface area contributed by atoms with Crippen LogP contribution in [-0.2, 0) is 19.1 Å². The van der Waals surface area contributed by atoms with Crippen LogP contribution in [0.4, 0.5) is 0 Å². The van der Waals surface area contributed by atoms with Gasteiger partial charge >= 0.3 is 0 Å². The van der Waals surface area contributed by atoms with Crippen LogP contribution in [-0.4, -0.2) is 208 Å². The maximum Gasteiger partial charge on any atom is 0.251 e. The third-order valence-corrected chi connectivity index (χ3v) is 27.5. The van der Waals surface area contributed by atoms with Crippen LogP contribution >= 0.6 is 0 Å². The van der Waals surface area contributed by atoms with Crippen molar-refractivity contribution in [3.63, 3.8) is 0 Å². The van der Waals surface area contributed by atoms with Crippen molar-refractivity contribution in [3.8, 4) is 0 Å². The minimum Gasteiger partial charge on any atom is -0.394 e. The summed E-state index contributed by atoms with van der Waals surface area (Å²) < 4.78 is 5.70. The van der Waals surface area contributed by atoms with Crippen LogP contribution in [0.1, 0.15) is 183 Å². The number of hydrogen-bond acceptors (Lipinski definition) is 17. The molecule has 8 aliphatic carbocycles. The summed E-state index contributed by atoms with van der Waals surface area (Å²) in [4.78, 5) is 43.2. The second-order valence-corrected chi connectivity index (χ2v) is 31.6. The predicted octanol–water partition coefficient (Wildman–Crippen LogP) is 2.78. The Bertz CT molecular complexity index is 2340. The van der Waals surface area contributed by atoms with E-state index in [0.29, 0.717) is 77.3 Å². The van der Waals surface area contributed by atoms with E-state index >= 15 is 0 Å². The van der Waals surface area contributed by atoms with Crippen LogP contribution in [0.25, 0.3) is 0 Å². The molecule has 88 heavy (non-hydrogen) atoms. The molecule has 15 N–H and O–H groups in total. The Morgan fingerprint density at radius 1 is 0.602 bits per heavy atom. The molecule has 9 fully saturated rings. The van der Waals surface area contributed by atoms with E-state index in [-0.39, 0.29) is 144 Å². The average molecular weight is 1250 g/mol. The van der Waals surface area contributed by atoms with E-state index in [2.05, 4.69) is 52.2 Å². The average Bonchev–Trinajstić information content (AvgIpc) is 1.33. The third-order valence-electron chi connectivity index (χ3n) is 27.5. The second kappa shape index (κ2) is 28.4.